The summed E-state index contributed by atoms with van der Waals surface area (Å²) in [5, 5.41) is 4.39. The van der Waals surface area contributed by atoms with Crippen LogP contribution in [0, 0.1) is 0 Å². The van der Waals surface area contributed by atoms with Crippen LogP contribution in [0.4, 0.5) is 0 Å². The highest BCUT2D eigenvalue weighted by molar-refractivity contribution is 7.12. The summed E-state index contributed by atoms with van der Waals surface area (Å²) in [7, 11) is 0. The van der Waals surface area contributed by atoms with Crippen molar-refractivity contribution in [1.82, 2.24) is 16.2 Å². The highest BCUT2D eigenvalue weighted by Gasteiger charge is 2.24. The summed E-state index contributed by atoms with van der Waals surface area (Å²) in [5.74, 6) is -2.39. The summed E-state index contributed by atoms with van der Waals surface area (Å²) in [5.41, 5.74) is 5.64. The Hall–Kier alpha value is -3.98. The van der Waals surface area contributed by atoms with Gasteiger partial charge in [-0.1, -0.05) is 54.6 Å². The van der Waals surface area contributed by atoms with E-state index in [0.29, 0.717) is 10.4 Å². The standard InChI is InChI=1S/C23H21N3O5S/c27-20(25-26-22(29)19-12-7-13-32-19)15-31-23(30)18(14-16-8-3-1-4-9-16)24-21(28)17-10-5-2-6-11-17/h1-13,18H,14-15H2,(H,24,28)(H,25,27)(H,26,29). The molecule has 1 heterocycles. The quantitative estimate of drug-likeness (QED) is 0.359. The third-order valence-corrected chi connectivity index (χ3v) is 5.18. The molecule has 0 bridgehead atoms. The molecule has 0 fully saturated rings. The highest BCUT2D eigenvalue weighted by atomic mass is 32.1. The van der Waals surface area contributed by atoms with E-state index in [0.717, 1.165) is 5.56 Å². The van der Waals surface area contributed by atoms with Crippen LogP contribution in [-0.2, 0) is 20.7 Å². The molecular formula is C23H21N3O5S. The van der Waals surface area contributed by atoms with Crippen LogP contribution >= 0.6 is 11.3 Å². The van der Waals surface area contributed by atoms with Crippen LogP contribution in [0.1, 0.15) is 25.6 Å². The second-order valence-corrected chi connectivity index (χ2v) is 7.62. The van der Waals surface area contributed by atoms with Crippen LogP contribution in [0.5, 0.6) is 0 Å². The number of carbonyl (C=O) groups excluding carboxylic acids is 4. The van der Waals surface area contributed by atoms with Crippen molar-refractivity contribution < 1.29 is 23.9 Å². The maximum atomic E-state index is 12.6. The second kappa shape index (κ2) is 11.4. The van der Waals surface area contributed by atoms with Gasteiger partial charge in [-0.15, -0.1) is 11.3 Å². The van der Waals surface area contributed by atoms with Crippen LogP contribution in [0.15, 0.2) is 78.2 Å². The van der Waals surface area contributed by atoms with Gasteiger partial charge in [0.1, 0.15) is 6.04 Å². The van der Waals surface area contributed by atoms with Crippen molar-refractivity contribution >= 4 is 35.0 Å². The lowest BCUT2D eigenvalue weighted by atomic mass is 10.1. The molecule has 2 aromatic carbocycles. The Morgan fingerprint density at radius 3 is 2.16 bits per heavy atom. The van der Waals surface area contributed by atoms with Crippen molar-refractivity contribution in [3.63, 3.8) is 0 Å². The second-order valence-electron chi connectivity index (χ2n) is 6.67. The van der Waals surface area contributed by atoms with E-state index in [4.69, 9.17) is 4.74 Å². The first-order valence-electron chi connectivity index (χ1n) is 9.72. The number of nitrogens with one attached hydrogen (secondary N) is 3. The Bertz CT molecular complexity index is 1060. The van der Waals surface area contributed by atoms with Gasteiger partial charge in [-0.3, -0.25) is 25.2 Å². The number of esters is 1. The molecule has 8 nitrogen and oxygen atoms in total. The Labute approximate surface area is 188 Å². The van der Waals surface area contributed by atoms with Gasteiger partial charge in [-0.2, -0.15) is 0 Å². The monoisotopic (exact) mass is 451 g/mol. The molecule has 3 rings (SSSR count). The van der Waals surface area contributed by atoms with Gasteiger partial charge in [0.25, 0.3) is 17.7 Å². The van der Waals surface area contributed by atoms with Crippen LogP contribution in [0.2, 0.25) is 0 Å². The van der Waals surface area contributed by atoms with Gasteiger partial charge in [0.15, 0.2) is 6.61 Å². The van der Waals surface area contributed by atoms with E-state index in [-0.39, 0.29) is 6.42 Å². The fourth-order valence-electron chi connectivity index (χ4n) is 2.74. The van der Waals surface area contributed by atoms with Crippen LogP contribution in [0.25, 0.3) is 0 Å². The summed E-state index contributed by atoms with van der Waals surface area (Å²) in [4.78, 5) is 49.4. The molecule has 0 saturated heterocycles. The molecule has 1 unspecified atom stereocenters. The topological polar surface area (TPSA) is 114 Å². The number of benzene rings is 2. The van der Waals surface area contributed by atoms with Gasteiger partial charge in [0.05, 0.1) is 4.88 Å². The fraction of sp³-hybridized carbons (Fsp3) is 0.130. The molecule has 1 atom stereocenters. The predicted octanol–water partition coefficient (Wildman–Crippen LogP) is 2.09. The molecule has 1 aromatic heterocycles. The van der Waals surface area contributed by atoms with Crippen molar-refractivity contribution in [1.29, 1.82) is 0 Å². The molecule has 3 amide bonds. The summed E-state index contributed by atoms with van der Waals surface area (Å²) in [6, 6.07) is 19.9. The molecule has 0 aliphatic carbocycles. The first kappa shape index (κ1) is 22.7. The minimum absolute atomic E-state index is 0.189. The number of hydrogen-bond donors (Lipinski definition) is 3. The van der Waals surface area contributed by atoms with Crippen molar-refractivity contribution in [3.05, 3.63) is 94.2 Å². The molecule has 32 heavy (non-hydrogen) atoms. The number of hydrogen-bond acceptors (Lipinski definition) is 6. The Morgan fingerprint density at radius 2 is 1.50 bits per heavy atom. The molecule has 9 heteroatoms. The SMILES string of the molecule is O=C(COC(=O)C(Cc1ccccc1)NC(=O)c1ccccc1)NNC(=O)c1cccs1. The lowest BCUT2D eigenvalue weighted by Gasteiger charge is -2.18. The van der Waals surface area contributed by atoms with Crippen LogP contribution in [-0.4, -0.2) is 36.3 Å². The molecule has 0 saturated carbocycles. The first-order chi connectivity index (χ1) is 15.5. The zero-order valence-corrected chi connectivity index (χ0v) is 17.8. The summed E-state index contributed by atoms with van der Waals surface area (Å²) < 4.78 is 5.08. The van der Waals surface area contributed by atoms with E-state index in [1.54, 1.807) is 47.8 Å². The number of thiophene rings is 1. The van der Waals surface area contributed by atoms with Crippen LogP contribution in [0.3, 0.4) is 0 Å². The third-order valence-electron chi connectivity index (χ3n) is 4.31. The van der Waals surface area contributed by atoms with Gasteiger partial charge in [-0.25, -0.2) is 4.79 Å². The minimum Gasteiger partial charge on any atom is -0.454 e. The van der Waals surface area contributed by atoms with Crippen molar-refractivity contribution in [2.75, 3.05) is 6.61 Å². The summed E-state index contributed by atoms with van der Waals surface area (Å²) in [6.07, 6.45) is 0.189. The molecule has 3 aromatic rings. The lowest BCUT2D eigenvalue weighted by Crippen LogP contribution is -2.46. The normalized spacial score (nSPS) is 11.1. The molecule has 0 radical (unpaired) electrons. The first-order valence-corrected chi connectivity index (χ1v) is 10.6. The molecule has 164 valence electrons. The van der Waals surface area contributed by atoms with Crippen LogP contribution < -0.4 is 16.2 Å². The van der Waals surface area contributed by atoms with Crippen molar-refractivity contribution in [3.8, 4) is 0 Å². The third kappa shape index (κ3) is 6.78. The average molecular weight is 452 g/mol. The van der Waals surface area contributed by atoms with Gasteiger partial charge >= 0.3 is 5.97 Å². The molecule has 3 N–H and O–H groups in total. The van der Waals surface area contributed by atoms with Crippen molar-refractivity contribution in [2.24, 2.45) is 0 Å². The van der Waals surface area contributed by atoms with Gasteiger partial charge < -0.3 is 10.1 Å². The number of amides is 3. The lowest BCUT2D eigenvalue weighted by molar-refractivity contribution is -0.150. The zero-order valence-electron chi connectivity index (χ0n) is 16.9. The molecule has 0 spiro atoms. The van der Waals surface area contributed by atoms with Crippen molar-refractivity contribution in [2.45, 2.75) is 12.5 Å². The molecular weight excluding hydrogens is 430 g/mol. The van der Waals surface area contributed by atoms with Gasteiger partial charge in [0.2, 0.25) is 0 Å². The largest absolute Gasteiger partial charge is 0.454 e. The molecule has 0 aliphatic rings. The Kier molecular flexibility index (Phi) is 8.10. The van der Waals surface area contributed by atoms with E-state index in [1.165, 1.54) is 11.3 Å². The Morgan fingerprint density at radius 1 is 0.812 bits per heavy atom. The maximum absolute atomic E-state index is 12.6. The maximum Gasteiger partial charge on any atom is 0.329 e. The van der Waals surface area contributed by atoms with E-state index in [2.05, 4.69) is 16.2 Å². The minimum atomic E-state index is -1.00. The summed E-state index contributed by atoms with van der Waals surface area (Å²) >= 11 is 1.22. The van der Waals surface area contributed by atoms with Gasteiger partial charge in [0, 0.05) is 12.0 Å². The number of hydrazine groups is 1. The molecule has 0 aliphatic heterocycles. The van der Waals surface area contributed by atoms with E-state index in [1.807, 2.05) is 30.3 Å². The van der Waals surface area contributed by atoms with E-state index >= 15 is 0 Å². The van der Waals surface area contributed by atoms with Gasteiger partial charge in [-0.05, 0) is 29.1 Å². The predicted molar refractivity (Wildman–Crippen MR) is 119 cm³/mol. The zero-order chi connectivity index (χ0) is 22.8. The highest BCUT2D eigenvalue weighted by Crippen LogP contribution is 2.08. The van der Waals surface area contributed by atoms with E-state index < -0.39 is 36.3 Å². The fourth-order valence-corrected chi connectivity index (χ4v) is 3.36. The number of carbonyl (C=O) groups is 4. The Balaban J connectivity index is 1.56. The number of ether oxygens (including phenoxy) is 1. The number of rotatable bonds is 8. The average Bonchev–Trinajstić information content (AvgIpc) is 3.37. The summed E-state index contributed by atoms with van der Waals surface area (Å²) in [6.45, 7) is -0.615. The van der Waals surface area contributed by atoms with E-state index in [9.17, 15) is 19.2 Å². The smallest absolute Gasteiger partial charge is 0.329 e.